The molecule has 0 unspecified atom stereocenters. The molecule has 1 aliphatic carbocycles. The standard InChI is InChI=1S/C13H13F4NO/c14-11(13(15,16)17)12(19)18(10-6-7-10)8-9-4-2-1-3-5-9/h1-5,10-11H,6-8H2/t11-/m0/s1. The molecule has 2 rings (SSSR count). The first-order valence-corrected chi connectivity index (χ1v) is 5.95. The Balaban J connectivity index is 2.10. The van der Waals surface area contributed by atoms with E-state index in [1.165, 1.54) is 0 Å². The molecule has 0 spiro atoms. The Kier molecular flexibility index (Phi) is 3.78. The number of alkyl halides is 4. The Bertz CT molecular complexity index is 442. The summed E-state index contributed by atoms with van der Waals surface area (Å²) in [4.78, 5) is 12.6. The van der Waals surface area contributed by atoms with Crippen LogP contribution in [0.1, 0.15) is 18.4 Å². The molecule has 0 bridgehead atoms. The summed E-state index contributed by atoms with van der Waals surface area (Å²) in [5.41, 5.74) is 0.692. The Labute approximate surface area is 108 Å². The van der Waals surface area contributed by atoms with E-state index in [2.05, 4.69) is 0 Å². The van der Waals surface area contributed by atoms with Crippen molar-refractivity contribution in [2.24, 2.45) is 0 Å². The number of hydrogen-bond acceptors (Lipinski definition) is 1. The molecule has 104 valence electrons. The maximum absolute atomic E-state index is 13.1. The quantitative estimate of drug-likeness (QED) is 0.773. The fourth-order valence-corrected chi connectivity index (χ4v) is 1.84. The molecule has 6 heteroatoms. The monoisotopic (exact) mass is 275 g/mol. The molecule has 19 heavy (non-hydrogen) atoms. The summed E-state index contributed by atoms with van der Waals surface area (Å²) in [7, 11) is 0. The summed E-state index contributed by atoms with van der Waals surface area (Å²) in [6.45, 7) is 0.0147. The summed E-state index contributed by atoms with van der Waals surface area (Å²) in [5, 5.41) is 0. The minimum atomic E-state index is -5.14. The normalized spacial score (nSPS) is 17.1. The first-order chi connectivity index (χ1) is 8.89. The number of amides is 1. The second-order valence-corrected chi connectivity index (χ2v) is 4.59. The van der Waals surface area contributed by atoms with E-state index in [9.17, 15) is 22.4 Å². The van der Waals surface area contributed by atoms with Crippen molar-refractivity contribution in [2.45, 2.75) is 37.8 Å². The van der Waals surface area contributed by atoms with Gasteiger partial charge >= 0.3 is 6.18 Å². The summed E-state index contributed by atoms with van der Waals surface area (Å²) >= 11 is 0. The Morgan fingerprint density at radius 1 is 1.26 bits per heavy atom. The van der Waals surface area contributed by atoms with Crippen molar-refractivity contribution < 1.29 is 22.4 Å². The number of benzene rings is 1. The van der Waals surface area contributed by atoms with Crippen molar-refractivity contribution in [3.05, 3.63) is 35.9 Å². The zero-order valence-electron chi connectivity index (χ0n) is 10.0. The van der Waals surface area contributed by atoms with Crippen LogP contribution in [0.2, 0.25) is 0 Å². The van der Waals surface area contributed by atoms with Gasteiger partial charge in [-0.3, -0.25) is 4.79 Å². The highest BCUT2D eigenvalue weighted by Crippen LogP contribution is 2.32. The Morgan fingerprint density at radius 3 is 2.32 bits per heavy atom. The second kappa shape index (κ2) is 5.19. The lowest BCUT2D eigenvalue weighted by atomic mass is 10.2. The van der Waals surface area contributed by atoms with E-state index in [4.69, 9.17) is 0 Å². The van der Waals surface area contributed by atoms with Crippen LogP contribution in [0.15, 0.2) is 30.3 Å². The molecule has 1 fully saturated rings. The predicted molar refractivity (Wildman–Crippen MR) is 61.0 cm³/mol. The second-order valence-electron chi connectivity index (χ2n) is 4.59. The number of hydrogen-bond donors (Lipinski definition) is 0. The van der Waals surface area contributed by atoms with Crippen molar-refractivity contribution in [2.75, 3.05) is 0 Å². The molecule has 0 aliphatic heterocycles. The van der Waals surface area contributed by atoms with E-state index in [1.807, 2.05) is 0 Å². The molecule has 0 radical (unpaired) electrons. The lowest BCUT2D eigenvalue weighted by Crippen LogP contribution is -2.44. The zero-order chi connectivity index (χ0) is 14.0. The molecule has 0 aromatic heterocycles. The molecule has 0 N–H and O–H groups in total. The summed E-state index contributed by atoms with van der Waals surface area (Å²) in [5.74, 6) is -1.49. The SMILES string of the molecule is O=C([C@H](F)C(F)(F)F)N(Cc1ccccc1)C1CC1. The highest BCUT2D eigenvalue weighted by molar-refractivity contribution is 5.82. The molecule has 1 amide bonds. The van der Waals surface area contributed by atoms with E-state index in [0.717, 1.165) is 4.90 Å². The van der Waals surface area contributed by atoms with E-state index >= 15 is 0 Å². The summed E-state index contributed by atoms with van der Waals surface area (Å²) in [6.07, 6.45) is -7.32. The van der Waals surface area contributed by atoms with Crippen molar-refractivity contribution in [1.82, 2.24) is 4.90 Å². The first kappa shape index (κ1) is 13.8. The van der Waals surface area contributed by atoms with Crippen LogP contribution in [0.3, 0.4) is 0 Å². The lowest BCUT2D eigenvalue weighted by Gasteiger charge is -2.25. The zero-order valence-corrected chi connectivity index (χ0v) is 10.0. The molecular weight excluding hydrogens is 262 g/mol. The van der Waals surface area contributed by atoms with Gasteiger partial charge in [0.25, 0.3) is 12.1 Å². The van der Waals surface area contributed by atoms with Crippen LogP contribution in [0.5, 0.6) is 0 Å². The van der Waals surface area contributed by atoms with Gasteiger partial charge in [-0.05, 0) is 18.4 Å². The third-order valence-corrected chi connectivity index (χ3v) is 2.97. The molecule has 1 aromatic rings. The molecule has 1 aliphatic rings. The molecule has 2 nitrogen and oxygen atoms in total. The Morgan fingerprint density at radius 2 is 1.84 bits per heavy atom. The van der Waals surface area contributed by atoms with Gasteiger partial charge < -0.3 is 4.90 Å². The predicted octanol–water partition coefficient (Wildman–Crippen LogP) is 3.08. The summed E-state index contributed by atoms with van der Waals surface area (Å²) in [6, 6.07) is 8.34. The maximum Gasteiger partial charge on any atom is 0.428 e. The maximum atomic E-state index is 13.1. The topological polar surface area (TPSA) is 20.3 Å². The first-order valence-electron chi connectivity index (χ1n) is 5.95. The van der Waals surface area contributed by atoms with Crippen LogP contribution in [-0.4, -0.2) is 29.2 Å². The highest BCUT2D eigenvalue weighted by atomic mass is 19.4. The minimum Gasteiger partial charge on any atom is -0.333 e. The third-order valence-electron chi connectivity index (χ3n) is 2.97. The van der Waals surface area contributed by atoms with Gasteiger partial charge in [-0.15, -0.1) is 0 Å². The van der Waals surface area contributed by atoms with Gasteiger partial charge in [0, 0.05) is 12.6 Å². The number of nitrogens with zero attached hydrogens (tertiary/aromatic N) is 1. The lowest BCUT2D eigenvalue weighted by molar-refractivity contribution is -0.193. The van der Waals surface area contributed by atoms with Crippen molar-refractivity contribution in [3.8, 4) is 0 Å². The molecule has 0 heterocycles. The molecule has 0 saturated heterocycles. The fraction of sp³-hybridized carbons (Fsp3) is 0.462. The number of rotatable bonds is 4. The number of carbonyl (C=O) groups is 1. The van der Waals surface area contributed by atoms with Gasteiger partial charge in [0.2, 0.25) is 0 Å². The average molecular weight is 275 g/mol. The van der Waals surface area contributed by atoms with Gasteiger partial charge in [0.05, 0.1) is 0 Å². The van der Waals surface area contributed by atoms with Crippen molar-refractivity contribution in [3.63, 3.8) is 0 Å². The van der Waals surface area contributed by atoms with Gasteiger partial charge in [0.1, 0.15) is 0 Å². The van der Waals surface area contributed by atoms with E-state index in [0.29, 0.717) is 18.4 Å². The smallest absolute Gasteiger partial charge is 0.333 e. The van der Waals surface area contributed by atoms with Crippen LogP contribution in [0.4, 0.5) is 17.6 Å². The van der Waals surface area contributed by atoms with Gasteiger partial charge in [0.15, 0.2) is 0 Å². The number of carbonyl (C=O) groups excluding carboxylic acids is 1. The van der Waals surface area contributed by atoms with Crippen LogP contribution in [0, 0.1) is 0 Å². The average Bonchev–Trinajstić information content (AvgIpc) is 3.18. The molecule has 1 atom stereocenters. The van der Waals surface area contributed by atoms with E-state index < -0.39 is 18.3 Å². The van der Waals surface area contributed by atoms with Crippen LogP contribution in [0.25, 0.3) is 0 Å². The minimum absolute atomic E-state index is 0.0147. The number of halogens is 4. The van der Waals surface area contributed by atoms with Crippen molar-refractivity contribution >= 4 is 5.91 Å². The van der Waals surface area contributed by atoms with E-state index in [1.54, 1.807) is 30.3 Å². The third kappa shape index (κ3) is 3.45. The van der Waals surface area contributed by atoms with Gasteiger partial charge in [-0.2, -0.15) is 13.2 Å². The fourth-order valence-electron chi connectivity index (χ4n) is 1.84. The van der Waals surface area contributed by atoms with Crippen LogP contribution >= 0.6 is 0 Å². The summed E-state index contributed by atoms with van der Waals surface area (Å²) < 4.78 is 49.9. The van der Waals surface area contributed by atoms with Crippen LogP contribution < -0.4 is 0 Å². The highest BCUT2D eigenvalue weighted by Gasteiger charge is 2.49. The largest absolute Gasteiger partial charge is 0.428 e. The van der Waals surface area contributed by atoms with Gasteiger partial charge in [-0.1, -0.05) is 30.3 Å². The van der Waals surface area contributed by atoms with Crippen LogP contribution in [-0.2, 0) is 11.3 Å². The molecule has 1 aromatic carbocycles. The van der Waals surface area contributed by atoms with Crippen molar-refractivity contribution in [1.29, 1.82) is 0 Å². The molecule has 1 saturated carbocycles. The van der Waals surface area contributed by atoms with Gasteiger partial charge in [-0.25, -0.2) is 4.39 Å². The molecular formula is C13H13F4NO. The van der Waals surface area contributed by atoms with E-state index in [-0.39, 0.29) is 12.6 Å². The Hall–Kier alpha value is -1.59.